The smallest absolute Gasteiger partial charge is 0.283 e. The molecule has 6 nitrogen and oxygen atoms in total. The largest absolute Gasteiger partial charge is 0.350 e. The number of benzene rings is 3. The number of amides is 3. The van der Waals surface area contributed by atoms with Crippen LogP contribution in [0.5, 0.6) is 0 Å². The minimum Gasteiger partial charge on any atom is -0.350 e. The molecule has 1 aliphatic heterocycles. The summed E-state index contributed by atoms with van der Waals surface area (Å²) in [6.45, 7) is 3.91. The number of hydrogen-bond acceptors (Lipinski definition) is 4. The van der Waals surface area contributed by atoms with Crippen LogP contribution < -0.4 is 15.5 Å². The van der Waals surface area contributed by atoms with E-state index < -0.39 is 11.8 Å². The molecule has 0 aliphatic carbocycles. The Labute approximate surface area is 211 Å². The molecule has 3 aromatic carbocycles. The molecule has 0 fully saturated rings. The van der Waals surface area contributed by atoms with Gasteiger partial charge < -0.3 is 10.6 Å². The van der Waals surface area contributed by atoms with Gasteiger partial charge in [-0.05, 0) is 67.4 Å². The Morgan fingerprint density at radius 1 is 0.853 bits per heavy atom. The number of rotatable bonds is 5. The van der Waals surface area contributed by atoms with Crippen molar-refractivity contribution in [3.63, 3.8) is 0 Å². The summed E-state index contributed by atoms with van der Waals surface area (Å²) in [5.74, 6) is -1.66. The SMILES string of the molecule is Cc1cccc(NC(=O)c2ccc(NC3=C(Cl)C(=O)N(c4cccc(Cl)c4Cl)C3=O)cc2)c1C. The molecule has 2 N–H and O–H groups in total. The van der Waals surface area contributed by atoms with Gasteiger partial charge in [-0.3, -0.25) is 14.4 Å². The van der Waals surface area contributed by atoms with Crippen molar-refractivity contribution < 1.29 is 14.4 Å². The Hall–Kier alpha value is -3.32. The Bertz CT molecular complexity index is 1370. The van der Waals surface area contributed by atoms with Crippen LogP contribution in [-0.4, -0.2) is 17.7 Å². The average Bonchev–Trinajstić information content (AvgIpc) is 3.02. The highest BCUT2D eigenvalue weighted by atomic mass is 35.5. The number of hydrogen-bond donors (Lipinski definition) is 2. The van der Waals surface area contributed by atoms with Gasteiger partial charge in [-0.25, -0.2) is 4.90 Å². The van der Waals surface area contributed by atoms with Crippen LogP contribution in [0.3, 0.4) is 0 Å². The standard InChI is InChI=1S/C25H18Cl3N3O3/c1-13-5-3-7-18(14(13)2)30-23(32)15-9-11-16(12-10-15)29-22-21(28)24(33)31(25(22)34)19-8-4-6-17(26)20(19)27/h3-12,29H,1-2H3,(H,30,32). The lowest BCUT2D eigenvalue weighted by Gasteiger charge is -2.17. The highest BCUT2D eigenvalue weighted by molar-refractivity contribution is 6.54. The highest BCUT2D eigenvalue weighted by Gasteiger charge is 2.40. The van der Waals surface area contributed by atoms with Gasteiger partial charge in [-0.2, -0.15) is 0 Å². The van der Waals surface area contributed by atoms with Gasteiger partial charge in [0.25, 0.3) is 17.7 Å². The van der Waals surface area contributed by atoms with E-state index in [1.165, 1.54) is 6.07 Å². The van der Waals surface area contributed by atoms with Gasteiger partial charge in [-0.1, -0.05) is 53.0 Å². The van der Waals surface area contributed by atoms with Gasteiger partial charge >= 0.3 is 0 Å². The van der Waals surface area contributed by atoms with E-state index >= 15 is 0 Å². The fraction of sp³-hybridized carbons (Fsp3) is 0.0800. The number of carbonyl (C=O) groups excluding carboxylic acids is 3. The third kappa shape index (κ3) is 4.40. The summed E-state index contributed by atoms with van der Waals surface area (Å²) in [6, 6.07) is 16.7. The normalized spacial score (nSPS) is 13.5. The molecule has 3 amide bonds. The summed E-state index contributed by atoms with van der Waals surface area (Å²) in [5, 5.41) is 5.75. The summed E-state index contributed by atoms with van der Waals surface area (Å²) < 4.78 is 0. The second-order valence-electron chi connectivity index (χ2n) is 7.61. The molecule has 0 radical (unpaired) electrons. The third-order valence-electron chi connectivity index (χ3n) is 5.47. The number of carbonyl (C=O) groups is 3. The van der Waals surface area contributed by atoms with Crippen LogP contribution in [0.2, 0.25) is 10.0 Å². The second kappa shape index (κ2) is 9.50. The lowest BCUT2D eigenvalue weighted by Crippen LogP contribution is -2.32. The Morgan fingerprint density at radius 2 is 1.53 bits per heavy atom. The van der Waals surface area contributed by atoms with Gasteiger partial charge in [0, 0.05) is 16.9 Å². The predicted molar refractivity (Wildman–Crippen MR) is 136 cm³/mol. The first-order valence-corrected chi connectivity index (χ1v) is 11.3. The summed E-state index contributed by atoms with van der Waals surface area (Å²) in [4.78, 5) is 39.2. The summed E-state index contributed by atoms with van der Waals surface area (Å²) in [5.41, 5.74) is 3.73. The molecule has 0 aromatic heterocycles. The van der Waals surface area contributed by atoms with Crippen molar-refractivity contribution in [2.75, 3.05) is 15.5 Å². The fourth-order valence-corrected chi connectivity index (χ4v) is 4.02. The number of anilines is 3. The summed E-state index contributed by atoms with van der Waals surface area (Å²) in [6.07, 6.45) is 0. The van der Waals surface area contributed by atoms with Crippen molar-refractivity contribution in [1.29, 1.82) is 0 Å². The zero-order valence-corrected chi connectivity index (χ0v) is 20.3. The van der Waals surface area contributed by atoms with Gasteiger partial charge in [0.2, 0.25) is 0 Å². The molecule has 9 heteroatoms. The number of nitrogens with zero attached hydrogens (tertiary/aromatic N) is 1. The molecular weight excluding hydrogens is 497 g/mol. The van der Waals surface area contributed by atoms with Gasteiger partial charge in [0.15, 0.2) is 0 Å². The molecule has 172 valence electrons. The van der Waals surface area contributed by atoms with Gasteiger partial charge in [0.05, 0.1) is 15.7 Å². The van der Waals surface area contributed by atoms with Crippen molar-refractivity contribution in [3.05, 3.63) is 98.1 Å². The minimum absolute atomic E-state index is 0.0656. The highest BCUT2D eigenvalue weighted by Crippen LogP contribution is 2.37. The van der Waals surface area contributed by atoms with E-state index in [1.54, 1.807) is 36.4 Å². The molecule has 0 saturated heterocycles. The fourth-order valence-electron chi connectivity index (χ4n) is 3.43. The van der Waals surface area contributed by atoms with Gasteiger partial charge in [0.1, 0.15) is 10.7 Å². The summed E-state index contributed by atoms with van der Waals surface area (Å²) >= 11 is 18.4. The van der Waals surface area contributed by atoms with Gasteiger partial charge in [-0.15, -0.1) is 0 Å². The number of imide groups is 1. The van der Waals surface area contributed by atoms with E-state index in [1.807, 2.05) is 32.0 Å². The lowest BCUT2D eigenvalue weighted by molar-refractivity contribution is -0.120. The van der Waals surface area contributed by atoms with Crippen molar-refractivity contribution in [3.8, 4) is 0 Å². The maximum absolute atomic E-state index is 13.0. The third-order valence-corrected chi connectivity index (χ3v) is 6.63. The summed E-state index contributed by atoms with van der Waals surface area (Å²) in [7, 11) is 0. The second-order valence-corrected chi connectivity index (χ2v) is 8.77. The first-order valence-electron chi connectivity index (χ1n) is 10.2. The van der Waals surface area contributed by atoms with Crippen LogP contribution in [0.25, 0.3) is 0 Å². The molecule has 34 heavy (non-hydrogen) atoms. The van der Waals surface area contributed by atoms with E-state index in [0.29, 0.717) is 11.3 Å². The van der Waals surface area contributed by atoms with E-state index in [4.69, 9.17) is 34.8 Å². The van der Waals surface area contributed by atoms with Crippen LogP contribution in [0.4, 0.5) is 17.1 Å². The molecule has 1 aliphatic rings. The quantitative estimate of drug-likeness (QED) is 0.392. The van der Waals surface area contributed by atoms with Crippen LogP contribution in [-0.2, 0) is 9.59 Å². The maximum atomic E-state index is 13.0. The molecule has 0 atom stereocenters. The average molecular weight is 515 g/mol. The van der Waals surface area contributed by atoms with Crippen molar-refractivity contribution >= 4 is 69.6 Å². The molecule has 1 heterocycles. The Morgan fingerprint density at radius 3 is 2.24 bits per heavy atom. The minimum atomic E-state index is -0.720. The van der Waals surface area contributed by atoms with Crippen molar-refractivity contribution in [2.24, 2.45) is 0 Å². The number of halogens is 3. The topological polar surface area (TPSA) is 78.5 Å². The molecular formula is C25H18Cl3N3O3. The Balaban J connectivity index is 1.51. The monoisotopic (exact) mass is 513 g/mol. The molecule has 0 spiro atoms. The van der Waals surface area contributed by atoms with E-state index in [2.05, 4.69) is 10.6 Å². The number of aryl methyl sites for hydroxylation is 1. The lowest BCUT2D eigenvalue weighted by atomic mass is 10.1. The molecule has 0 saturated carbocycles. The first kappa shape index (κ1) is 23.8. The zero-order chi connectivity index (χ0) is 24.6. The van der Waals surface area contributed by atoms with Crippen LogP contribution in [0.1, 0.15) is 21.5 Å². The zero-order valence-electron chi connectivity index (χ0n) is 18.1. The first-order chi connectivity index (χ1) is 16.2. The number of nitrogens with one attached hydrogen (secondary N) is 2. The van der Waals surface area contributed by atoms with E-state index in [9.17, 15) is 14.4 Å². The van der Waals surface area contributed by atoms with E-state index in [-0.39, 0.29) is 32.4 Å². The van der Waals surface area contributed by atoms with Crippen molar-refractivity contribution in [1.82, 2.24) is 0 Å². The Kier molecular flexibility index (Phi) is 6.66. The van der Waals surface area contributed by atoms with Crippen LogP contribution in [0, 0.1) is 13.8 Å². The molecule has 3 aromatic rings. The van der Waals surface area contributed by atoms with Crippen molar-refractivity contribution in [2.45, 2.75) is 13.8 Å². The van der Waals surface area contributed by atoms with E-state index in [0.717, 1.165) is 21.7 Å². The maximum Gasteiger partial charge on any atom is 0.283 e. The molecule has 4 rings (SSSR count). The molecule has 0 unspecified atom stereocenters. The van der Waals surface area contributed by atoms with Crippen LogP contribution >= 0.6 is 34.8 Å². The molecule has 0 bridgehead atoms. The predicted octanol–water partition coefficient (Wildman–Crippen LogP) is 6.30. The van der Waals surface area contributed by atoms with Crippen LogP contribution in [0.15, 0.2) is 71.4 Å².